The summed E-state index contributed by atoms with van der Waals surface area (Å²) >= 11 is 0. The molecular weight excluding hydrogens is 368 g/mol. The number of fused-ring (bicyclic) bond motifs is 8. The van der Waals surface area contributed by atoms with Crippen LogP contribution in [0, 0.1) is 11.8 Å². The van der Waals surface area contributed by atoms with Crippen LogP contribution in [0.3, 0.4) is 0 Å². The zero-order chi connectivity index (χ0) is 19.0. The van der Waals surface area contributed by atoms with Crippen LogP contribution < -0.4 is 0 Å². The molecule has 4 unspecified atom stereocenters. The molecule has 2 fully saturated rings. The van der Waals surface area contributed by atoms with Crippen LogP contribution in [0.2, 0.25) is 0 Å². The summed E-state index contributed by atoms with van der Waals surface area (Å²) in [6.45, 7) is 0. The fourth-order valence-corrected chi connectivity index (χ4v) is 8.09. The summed E-state index contributed by atoms with van der Waals surface area (Å²) in [5.41, 5.74) is 2.88. The second-order valence-corrected chi connectivity index (χ2v) is 10.3. The summed E-state index contributed by atoms with van der Waals surface area (Å²) in [5.74, 6) is 0.176. The Morgan fingerprint density at radius 1 is 0.643 bits per heavy atom. The maximum absolute atomic E-state index is 12.8. The van der Waals surface area contributed by atoms with Crippen molar-refractivity contribution in [1.29, 1.82) is 0 Å². The van der Waals surface area contributed by atoms with E-state index in [4.69, 9.17) is 4.74 Å². The van der Waals surface area contributed by atoms with Crippen molar-refractivity contribution in [2.45, 2.75) is 11.2 Å². The van der Waals surface area contributed by atoms with Crippen molar-refractivity contribution >= 4 is 9.84 Å². The number of sulfone groups is 1. The predicted octanol–water partition coefficient (Wildman–Crippen LogP) is 3.88. The van der Waals surface area contributed by atoms with Crippen LogP contribution in [0.1, 0.15) is 22.3 Å². The van der Waals surface area contributed by atoms with Gasteiger partial charge in [-0.1, -0.05) is 84.9 Å². The third kappa shape index (κ3) is 1.85. The highest BCUT2D eigenvalue weighted by Crippen LogP contribution is 2.70. The molecule has 4 heteroatoms. The summed E-state index contributed by atoms with van der Waals surface area (Å²) in [6.07, 6.45) is 0. The molecule has 3 aliphatic rings. The molecule has 4 atom stereocenters. The molecule has 28 heavy (non-hydrogen) atoms. The third-order valence-electron chi connectivity index (χ3n) is 6.85. The lowest BCUT2D eigenvalue weighted by atomic mass is 9.61. The van der Waals surface area contributed by atoms with Crippen LogP contribution in [0.5, 0.6) is 0 Å². The minimum absolute atomic E-state index is 0.0880. The molecule has 3 aliphatic heterocycles. The van der Waals surface area contributed by atoms with Crippen molar-refractivity contribution in [1.82, 2.24) is 0 Å². The maximum atomic E-state index is 12.8. The first-order valence-electron chi connectivity index (χ1n) is 9.69. The Hall–Kier alpha value is -2.43. The number of hydrogen-bond donors (Lipinski definition) is 0. The van der Waals surface area contributed by atoms with Crippen molar-refractivity contribution in [2.24, 2.45) is 11.8 Å². The van der Waals surface area contributed by atoms with Gasteiger partial charge < -0.3 is 4.74 Å². The summed E-state index contributed by atoms with van der Waals surface area (Å²) in [4.78, 5) is 0. The van der Waals surface area contributed by atoms with Crippen LogP contribution in [0.4, 0.5) is 0 Å². The Kier molecular flexibility index (Phi) is 3.15. The third-order valence-corrected chi connectivity index (χ3v) is 8.59. The molecule has 140 valence electrons. The van der Waals surface area contributed by atoms with Gasteiger partial charge in [0.1, 0.15) is 11.2 Å². The molecule has 3 aromatic carbocycles. The number of benzene rings is 3. The second kappa shape index (κ2) is 5.34. The number of ether oxygens (including phenoxy) is 1. The van der Waals surface area contributed by atoms with Crippen molar-refractivity contribution in [3.63, 3.8) is 0 Å². The molecular formula is C24H20O3S. The van der Waals surface area contributed by atoms with Crippen LogP contribution in [0.15, 0.2) is 84.9 Å². The first-order valence-corrected chi connectivity index (χ1v) is 11.5. The van der Waals surface area contributed by atoms with Gasteiger partial charge in [0, 0.05) is 11.8 Å². The molecule has 0 saturated carbocycles. The molecule has 6 rings (SSSR count). The standard InChI is InChI=1S/C24H20O3S/c25-28(26)15-21-22(16-28)24(18-11-5-2-6-12-18)20-14-8-7-13-19(20)23(21,27-24)17-9-3-1-4-10-17/h1-14,21-22H,15-16H2. The van der Waals surface area contributed by atoms with Gasteiger partial charge in [-0.25, -0.2) is 8.42 Å². The molecule has 0 spiro atoms. The Balaban J connectivity index is 1.72. The average molecular weight is 388 g/mol. The average Bonchev–Trinajstić information content (AvgIpc) is 3.32. The molecule has 2 saturated heterocycles. The van der Waals surface area contributed by atoms with Gasteiger partial charge in [-0.2, -0.15) is 0 Å². The lowest BCUT2D eigenvalue weighted by Gasteiger charge is -2.36. The van der Waals surface area contributed by atoms with Gasteiger partial charge >= 0.3 is 0 Å². The first kappa shape index (κ1) is 16.5. The van der Waals surface area contributed by atoms with Crippen molar-refractivity contribution in [3.8, 4) is 0 Å². The molecule has 0 amide bonds. The fraction of sp³-hybridized carbons (Fsp3) is 0.250. The SMILES string of the molecule is O=S1(=O)CC2C(C1)C1(c3ccccc3)OC2(c2ccccc2)c2ccccc21. The van der Waals surface area contributed by atoms with E-state index in [-0.39, 0.29) is 23.3 Å². The lowest BCUT2D eigenvalue weighted by molar-refractivity contribution is -0.0557. The van der Waals surface area contributed by atoms with E-state index in [1.165, 1.54) is 0 Å². The molecule has 0 aliphatic carbocycles. The monoisotopic (exact) mass is 388 g/mol. The van der Waals surface area contributed by atoms with E-state index in [0.29, 0.717) is 0 Å². The van der Waals surface area contributed by atoms with E-state index in [1.54, 1.807) is 0 Å². The Bertz CT molecular complexity index is 1090. The molecule has 0 aromatic heterocycles. The molecule has 0 radical (unpaired) electrons. The largest absolute Gasteiger partial charge is 0.349 e. The summed E-state index contributed by atoms with van der Waals surface area (Å²) in [5, 5.41) is 0. The van der Waals surface area contributed by atoms with Crippen LogP contribution in [-0.4, -0.2) is 19.9 Å². The van der Waals surface area contributed by atoms with Crippen molar-refractivity contribution in [3.05, 3.63) is 107 Å². The number of rotatable bonds is 2. The highest BCUT2D eigenvalue weighted by atomic mass is 32.2. The van der Waals surface area contributed by atoms with Gasteiger partial charge in [0.05, 0.1) is 11.5 Å². The van der Waals surface area contributed by atoms with Gasteiger partial charge in [-0.3, -0.25) is 0 Å². The van der Waals surface area contributed by atoms with E-state index >= 15 is 0 Å². The Morgan fingerprint density at radius 2 is 1.04 bits per heavy atom. The van der Waals surface area contributed by atoms with Crippen LogP contribution in [0.25, 0.3) is 0 Å². The van der Waals surface area contributed by atoms with Gasteiger partial charge in [0.2, 0.25) is 0 Å². The van der Waals surface area contributed by atoms with Crippen molar-refractivity contribution in [2.75, 3.05) is 11.5 Å². The molecule has 3 aromatic rings. The van der Waals surface area contributed by atoms with E-state index in [1.807, 2.05) is 48.5 Å². The zero-order valence-electron chi connectivity index (χ0n) is 15.3. The quantitative estimate of drug-likeness (QED) is 0.669. The summed E-state index contributed by atoms with van der Waals surface area (Å²) in [7, 11) is -3.12. The van der Waals surface area contributed by atoms with E-state index in [0.717, 1.165) is 22.3 Å². The predicted molar refractivity (Wildman–Crippen MR) is 108 cm³/mol. The molecule has 2 bridgehead atoms. The first-order chi connectivity index (χ1) is 13.6. The minimum atomic E-state index is -3.12. The number of hydrogen-bond acceptors (Lipinski definition) is 3. The minimum Gasteiger partial charge on any atom is -0.349 e. The highest BCUT2D eigenvalue weighted by molar-refractivity contribution is 7.91. The van der Waals surface area contributed by atoms with Crippen LogP contribution in [-0.2, 0) is 25.8 Å². The van der Waals surface area contributed by atoms with E-state index in [9.17, 15) is 8.42 Å². The highest BCUT2D eigenvalue weighted by Gasteiger charge is 2.73. The molecule has 3 nitrogen and oxygen atoms in total. The normalized spacial score (nSPS) is 34.1. The summed E-state index contributed by atoms with van der Waals surface area (Å²) < 4.78 is 32.7. The zero-order valence-corrected chi connectivity index (χ0v) is 16.1. The van der Waals surface area contributed by atoms with E-state index in [2.05, 4.69) is 36.4 Å². The lowest BCUT2D eigenvalue weighted by Crippen LogP contribution is -2.39. The van der Waals surface area contributed by atoms with Gasteiger partial charge in [0.15, 0.2) is 9.84 Å². The maximum Gasteiger partial charge on any atom is 0.151 e. The fourth-order valence-electron chi connectivity index (χ4n) is 5.92. The Morgan fingerprint density at radius 3 is 1.46 bits per heavy atom. The summed E-state index contributed by atoms with van der Waals surface area (Å²) in [6, 6.07) is 28.6. The van der Waals surface area contributed by atoms with Gasteiger partial charge in [-0.15, -0.1) is 0 Å². The van der Waals surface area contributed by atoms with Gasteiger partial charge in [-0.05, 0) is 22.3 Å². The topological polar surface area (TPSA) is 43.4 Å². The van der Waals surface area contributed by atoms with Crippen molar-refractivity contribution < 1.29 is 13.2 Å². The molecule has 0 N–H and O–H groups in total. The Labute approximate surface area is 164 Å². The molecule has 3 heterocycles. The van der Waals surface area contributed by atoms with Gasteiger partial charge in [0.25, 0.3) is 0 Å². The van der Waals surface area contributed by atoms with Crippen LogP contribution >= 0.6 is 0 Å². The van der Waals surface area contributed by atoms with E-state index < -0.39 is 21.0 Å². The smallest absolute Gasteiger partial charge is 0.151 e. The second-order valence-electron chi connectivity index (χ2n) is 8.14.